The summed E-state index contributed by atoms with van der Waals surface area (Å²) in [6.45, 7) is 5.80. The summed E-state index contributed by atoms with van der Waals surface area (Å²) in [5.41, 5.74) is 3.48. The molecule has 1 saturated carbocycles. The lowest BCUT2D eigenvalue weighted by atomic mass is 9.94. The smallest absolute Gasteiger partial charge is 0.336 e. The first-order valence-electron chi connectivity index (χ1n) is 10.2. The third-order valence-electron chi connectivity index (χ3n) is 5.47. The fraction of sp³-hybridized carbons (Fsp3) is 0.348. The summed E-state index contributed by atoms with van der Waals surface area (Å²) in [5, 5.41) is 23.8. The number of hydrogen-bond acceptors (Lipinski definition) is 6. The Labute approximate surface area is 186 Å². The first-order valence-corrected chi connectivity index (χ1v) is 10.6. The highest BCUT2D eigenvalue weighted by molar-refractivity contribution is 7.78. The summed E-state index contributed by atoms with van der Waals surface area (Å²) >= 11 is 4.56. The highest BCUT2D eigenvalue weighted by Gasteiger charge is 2.30. The molecule has 0 bridgehead atoms. The Morgan fingerprint density at radius 3 is 2.23 bits per heavy atom. The molecular formula is C23H25N3O4S. The zero-order chi connectivity index (χ0) is 22.4. The van der Waals surface area contributed by atoms with Gasteiger partial charge in [-0.05, 0) is 79.4 Å². The van der Waals surface area contributed by atoms with Gasteiger partial charge in [0, 0.05) is 31.9 Å². The maximum atomic E-state index is 11.2. The fourth-order valence-corrected chi connectivity index (χ4v) is 3.80. The van der Waals surface area contributed by atoms with Crippen LogP contribution < -0.4 is 10.2 Å². The third-order valence-corrected chi connectivity index (χ3v) is 5.56. The molecule has 1 heterocycles. The number of piperazine rings is 1. The number of anilines is 1. The van der Waals surface area contributed by atoms with Crippen LogP contribution in [0.25, 0.3) is 0 Å². The average Bonchev–Trinajstić information content (AvgIpc) is 3.60. The van der Waals surface area contributed by atoms with Crippen molar-refractivity contribution in [3.63, 3.8) is 0 Å². The van der Waals surface area contributed by atoms with E-state index in [1.807, 2.05) is 12.1 Å². The Balaban J connectivity index is 0.000000176. The fourth-order valence-electron chi connectivity index (χ4n) is 3.70. The van der Waals surface area contributed by atoms with Crippen molar-refractivity contribution in [2.24, 2.45) is 4.99 Å². The van der Waals surface area contributed by atoms with Crippen molar-refractivity contribution in [1.82, 2.24) is 5.32 Å². The Kier molecular flexibility index (Phi) is 7.52. The number of rotatable bonds is 5. The number of benzene rings is 2. The monoisotopic (exact) mass is 439 g/mol. The van der Waals surface area contributed by atoms with Crippen molar-refractivity contribution in [1.29, 1.82) is 0 Å². The topological polar surface area (TPSA) is 102 Å². The molecule has 0 unspecified atom stereocenters. The zero-order valence-electron chi connectivity index (χ0n) is 17.3. The predicted octanol–water partition coefficient (Wildman–Crippen LogP) is 4.10. The van der Waals surface area contributed by atoms with Crippen LogP contribution in [-0.2, 0) is 0 Å². The lowest BCUT2D eigenvalue weighted by Crippen LogP contribution is -2.43. The van der Waals surface area contributed by atoms with E-state index in [1.165, 1.54) is 11.8 Å². The van der Waals surface area contributed by atoms with Crippen LogP contribution >= 0.6 is 12.2 Å². The largest absolute Gasteiger partial charge is 0.478 e. The van der Waals surface area contributed by atoms with E-state index in [2.05, 4.69) is 44.7 Å². The molecule has 0 amide bonds. The maximum Gasteiger partial charge on any atom is 0.336 e. The van der Waals surface area contributed by atoms with Gasteiger partial charge < -0.3 is 20.4 Å². The van der Waals surface area contributed by atoms with E-state index in [0.717, 1.165) is 50.3 Å². The number of carbonyl (C=O) groups is 2. The SMILES string of the molecule is Cc1c(C(=O)O)ccc(C2CC2)c1C(=O)O.S=C=Nc1ccc(N2CCNCC2)cc1. The van der Waals surface area contributed by atoms with Gasteiger partial charge >= 0.3 is 11.9 Å². The standard InChI is InChI=1S/C12H12O4.C11H13N3S/c1-6-8(11(13)14)4-5-9(7-2-3-7)10(6)12(15)16;15-9-13-10-1-3-11(4-2-10)14-7-5-12-6-8-14/h4-5,7H,2-3H2,1H3,(H,13,14)(H,15,16);1-4,12H,5-8H2. The van der Waals surface area contributed by atoms with Crippen molar-refractivity contribution in [3.05, 3.63) is 58.7 Å². The van der Waals surface area contributed by atoms with Crippen LogP contribution in [-0.4, -0.2) is 53.5 Å². The van der Waals surface area contributed by atoms with Crippen LogP contribution in [0.4, 0.5) is 11.4 Å². The quantitative estimate of drug-likeness (QED) is 0.476. The molecule has 4 rings (SSSR count). The second-order valence-corrected chi connectivity index (χ2v) is 7.73. The highest BCUT2D eigenvalue weighted by Crippen LogP contribution is 2.42. The van der Waals surface area contributed by atoms with E-state index in [-0.39, 0.29) is 11.1 Å². The van der Waals surface area contributed by atoms with Crippen LogP contribution in [0.1, 0.15) is 50.6 Å². The van der Waals surface area contributed by atoms with E-state index in [4.69, 9.17) is 10.2 Å². The molecule has 0 radical (unpaired) electrons. The van der Waals surface area contributed by atoms with Gasteiger partial charge in [-0.25, -0.2) is 9.59 Å². The van der Waals surface area contributed by atoms with Gasteiger partial charge in [0.05, 0.1) is 22.0 Å². The summed E-state index contributed by atoms with van der Waals surface area (Å²) in [4.78, 5) is 28.3. The highest BCUT2D eigenvalue weighted by atomic mass is 32.1. The maximum absolute atomic E-state index is 11.2. The molecule has 31 heavy (non-hydrogen) atoms. The summed E-state index contributed by atoms with van der Waals surface area (Å²) < 4.78 is 0. The van der Waals surface area contributed by atoms with Crippen LogP contribution in [0, 0.1) is 6.92 Å². The molecule has 2 aromatic carbocycles. The van der Waals surface area contributed by atoms with E-state index in [0.29, 0.717) is 11.5 Å². The van der Waals surface area contributed by atoms with Crippen molar-refractivity contribution in [2.45, 2.75) is 25.7 Å². The van der Waals surface area contributed by atoms with Crippen molar-refractivity contribution < 1.29 is 19.8 Å². The molecule has 2 aliphatic rings. The molecule has 1 aliphatic carbocycles. The number of aromatic carboxylic acids is 2. The average molecular weight is 440 g/mol. The number of nitrogens with one attached hydrogen (secondary N) is 1. The summed E-state index contributed by atoms with van der Waals surface area (Å²) in [6.07, 6.45) is 1.98. The van der Waals surface area contributed by atoms with E-state index < -0.39 is 11.9 Å². The molecule has 3 N–H and O–H groups in total. The van der Waals surface area contributed by atoms with E-state index in [9.17, 15) is 9.59 Å². The van der Waals surface area contributed by atoms with Crippen LogP contribution in [0.3, 0.4) is 0 Å². The number of carboxylic acids is 2. The lowest BCUT2D eigenvalue weighted by Gasteiger charge is -2.29. The minimum atomic E-state index is -1.08. The van der Waals surface area contributed by atoms with Gasteiger partial charge in [-0.1, -0.05) is 6.07 Å². The number of carboxylic acid groups (broad SMARTS) is 2. The second kappa shape index (κ2) is 10.3. The summed E-state index contributed by atoms with van der Waals surface area (Å²) in [7, 11) is 0. The molecule has 2 aromatic rings. The van der Waals surface area contributed by atoms with Gasteiger partial charge in [0.1, 0.15) is 0 Å². The summed E-state index contributed by atoms with van der Waals surface area (Å²) in [5.74, 6) is -1.82. The first-order chi connectivity index (χ1) is 14.9. The molecule has 0 spiro atoms. The minimum absolute atomic E-state index is 0.0711. The number of nitrogens with zero attached hydrogens (tertiary/aromatic N) is 2. The lowest BCUT2D eigenvalue weighted by molar-refractivity contribution is 0.0695. The first kappa shape index (κ1) is 22.6. The Morgan fingerprint density at radius 1 is 1.06 bits per heavy atom. The number of thiocarbonyl (C=S) groups is 1. The Hall–Kier alpha value is -3.06. The molecule has 0 aromatic heterocycles. The summed E-state index contributed by atoms with van der Waals surface area (Å²) in [6, 6.07) is 11.2. The second-order valence-electron chi connectivity index (χ2n) is 7.54. The van der Waals surface area contributed by atoms with Gasteiger partial charge in [-0.3, -0.25) is 0 Å². The molecule has 2 fully saturated rings. The molecule has 1 saturated heterocycles. The third kappa shape index (κ3) is 5.76. The molecule has 162 valence electrons. The zero-order valence-corrected chi connectivity index (χ0v) is 18.1. The van der Waals surface area contributed by atoms with Gasteiger partial charge in [0.15, 0.2) is 0 Å². The van der Waals surface area contributed by atoms with Crippen molar-refractivity contribution in [2.75, 3.05) is 31.1 Å². The number of hydrogen-bond donors (Lipinski definition) is 3. The van der Waals surface area contributed by atoms with Crippen LogP contribution in [0.2, 0.25) is 0 Å². The molecule has 0 atom stereocenters. The Morgan fingerprint density at radius 2 is 1.71 bits per heavy atom. The Bertz CT molecular complexity index is 1010. The molecule has 1 aliphatic heterocycles. The molecule has 7 nitrogen and oxygen atoms in total. The molecule has 8 heteroatoms. The van der Waals surface area contributed by atoms with Crippen molar-refractivity contribution in [3.8, 4) is 0 Å². The van der Waals surface area contributed by atoms with E-state index in [1.54, 1.807) is 13.0 Å². The van der Waals surface area contributed by atoms with Gasteiger partial charge in [0.2, 0.25) is 0 Å². The van der Waals surface area contributed by atoms with Crippen LogP contribution in [0.5, 0.6) is 0 Å². The number of aliphatic imine (C=N–C) groups is 1. The van der Waals surface area contributed by atoms with Gasteiger partial charge in [0.25, 0.3) is 0 Å². The van der Waals surface area contributed by atoms with E-state index >= 15 is 0 Å². The van der Waals surface area contributed by atoms with Gasteiger partial charge in [-0.15, -0.1) is 0 Å². The van der Waals surface area contributed by atoms with Crippen molar-refractivity contribution >= 4 is 40.7 Å². The number of isothiocyanates is 1. The predicted molar refractivity (Wildman–Crippen MR) is 123 cm³/mol. The van der Waals surface area contributed by atoms with Crippen LogP contribution in [0.15, 0.2) is 41.4 Å². The molecular weight excluding hydrogens is 414 g/mol. The van der Waals surface area contributed by atoms with Gasteiger partial charge in [-0.2, -0.15) is 4.99 Å². The minimum Gasteiger partial charge on any atom is -0.478 e. The normalized spacial score (nSPS) is 15.3.